The van der Waals surface area contributed by atoms with Crippen molar-refractivity contribution >= 4 is 35.1 Å². The molecule has 0 saturated carbocycles. The van der Waals surface area contributed by atoms with Gasteiger partial charge in [-0.3, -0.25) is 14.6 Å². The van der Waals surface area contributed by atoms with Gasteiger partial charge in [-0.2, -0.15) is 0 Å². The average Bonchev–Trinajstić information content (AvgIpc) is 2.72. The number of aromatic nitrogens is 3. The summed E-state index contributed by atoms with van der Waals surface area (Å²) in [5.74, 6) is -0.114. The molecule has 1 atom stereocenters. The van der Waals surface area contributed by atoms with E-state index in [1.807, 2.05) is 61.0 Å². The summed E-state index contributed by atoms with van der Waals surface area (Å²) in [6.07, 6.45) is 3.34. The van der Waals surface area contributed by atoms with E-state index in [2.05, 4.69) is 10.1 Å². The minimum atomic E-state index is -0.536. The molecule has 1 N–H and O–H groups in total. The van der Waals surface area contributed by atoms with E-state index in [0.717, 1.165) is 10.5 Å². The van der Waals surface area contributed by atoms with Gasteiger partial charge >= 0.3 is 11.3 Å². The number of fused-ring (bicyclic) bond motifs is 3. The summed E-state index contributed by atoms with van der Waals surface area (Å²) in [5, 5.41) is 5.15. The number of benzene rings is 2. The van der Waals surface area contributed by atoms with E-state index < -0.39 is 6.17 Å². The van der Waals surface area contributed by atoms with Gasteiger partial charge in [-0.05, 0) is 53.6 Å². The predicted molar refractivity (Wildman–Crippen MR) is 112 cm³/mol. The molecule has 0 bridgehead atoms. The molecule has 6 nitrogen and oxygen atoms in total. The van der Waals surface area contributed by atoms with E-state index in [0.29, 0.717) is 22.1 Å². The average molecular weight is 412 g/mol. The maximum absolute atomic E-state index is 12.9. The van der Waals surface area contributed by atoms with E-state index in [4.69, 9.17) is 0 Å². The molecule has 0 aliphatic carbocycles. The number of aromatic amines is 1. The Morgan fingerprint density at radius 3 is 2.46 bits per heavy atom. The number of nitrogens with one attached hydrogen (secondary N) is 1. The van der Waals surface area contributed by atoms with Crippen LogP contribution in [0, 0.1) is 0 Å². The Morgan fingerprint density at radius 1 is 1.11 bits per heavy atom. The van der Waals surface area contributed by atoms with Crippen LogP contribution < -0.4 is 15.1 Å². The third kappa shape index (κ3) is 3.02. The number of anilines is 1. The molecule has 1 aliphatic heterocycles. The first-order valence-electron chi connectivity index (χ1n) is 8.68. The Balaban J connectivity index is 2.05. The number of carbonyl (C=O) groups excluding carboxylic acids is 1. The van der Waals surface area contributed by atoms with Crippen molar-refractivity contribution in [1.82, 2.24) is 10.1 Å². The van der Waals surface area contributed by atoms with Crippen molar-refractivity contribution in [1.29, 1.82) is 0 Å². The Morgan fingerprint density at radius 2 is 1.82 bits per heavy atom. The van der Waals surface area contributed by atoms with Crippen molar-refractivity contribution in [3.63, 3.8) is 0 Å². The highest BCUT2D eigenvalue weighted by Gasteiger charge is 2.44. The zero-order chi connectivity index (χ0) is 19.8. The number of H-pyrrole nitrogens is 1. The number of nitrogens with zero attached hydrogens (tertiary/aromatic N) is 3. The summed E-state index contributed by atoms with van der Waals surface area (Å²) >= 11 is 3.01. The van der Waals surface area contributed by atoms with Gasteiger partial charge in [0.1, 0.15) is 0 Å². The monoisotopic (exact) mass is 411 g/mol. The smallest absolute Gasteiger partial charge is 0.291 e. The molecule has 28 heavy (non-hydrogen) atoms. The van der Waals surface area contributed by atoms with Gasteiger partial charge < -0.3 is 0 Å². The lowest BCUT2D eigenvalue weighted by Crippen LogP contribution is -2.60. The first kappa shape index (κ1) is 18.8. The summed E-state index contributed by atoms with van der Waals surface area (Å²) in [7, 11) is 0. The zero-order valence-corrected chi connectivity index (χ0v) is 17.3. The van der Waals surface area contributed by atoms with Crippen molar-refractivity contribution < 1.29 is 9.48 Å². The molecule has 2 aromatic carbocycles. The fourth-order valence-corrected chi connectivity index (χ4v) is 4.25. The van der Waals surface area contributed by atoms with Crippen LogP contribution in [0.5, 0.6) is 0 Å². The molecular formula is C20H19N4O2S2+. The highest BCUT2D eigenvalue weighted by molar-refractivity contribution is 7.98. The van der Waals surface area contributed by atoms with Crippen molar-refractivity contribution in [3.05, 3.63) is 64.4 Å². The van der Waals surface area contributed by atoms with Crippen LogP contribution in [0.1, 0.15) is 18.7 Å². The first-order valence-corrected chi connectivity index (χ1v) is 11.1. The Bertz CT molecular complexity index is 1110. The molecule has 1 aliphatic rings. The molecule has 1 aromatic heterocycles. The van der Waals surface area contributed by atoms with Crippen LogP contribution in [0.3, 0.4) is 0 Å². The van der Waals surface area contributed by atoms with E-state index in [1.165, 1.54) is 18.7 Å². The van der Waals surface area contributed by atoms with Gasteiger partial charge in [0.15, 0.2) is 0 Å². The summed E-state index contributed by atoms with van der Waals surface area (Å²) in [6, 6.07) is 15.4. The number of carbonyl (C=O) groups is 1. The molecule has 1 amide bonds. The lowest BCUT2D eigenvalue weighted by atomic mass is 10.0. The van der Waals surface area contributed by atoms with Gasteiger partial charge in [0.05, 0.1) is 11.3 Å². The molecule has 0 radical (unpaired) electrons. The number of hydrogen-bond acceptors (Lipinski definition) is 5. The SMILES string of the molecule is CSc1ccc([C@H]2N(C(C)=O)c3ccccc3-c3c(=O)[nH]c(SC)n[n+]32)cc1. The fourth-order valence-electron chi connectivity index (χ4n) is 3.48. The molecule has 4 rings (SSSR count). The van der Waals surface area contributed by atoms with Gasteiger partial charge in [-0.15, -0.1) is 11.8 Å². The second kappa shape index (κ2) is 7.44. The Hall–Kier alpha value is -2.58. The number of rotatable bonds is 3. The van der Waals surface area contributed by atoms with Gasteiger partial charge in [-0.1, -0.05) is 23.9 Å². The van der Waals surface area contributed by atoms with Gasteiger partial charge in [0.25, 0.3) is 6.17 Å². The highest BCUT2D eigenvalue weighted by atomic mass is 32.2. The molecule has 0 fully saturated rings. The quantitative estimate of drug-likeness (QED) is 0.530. The van der Waals surface area contributed by atoms with Crippen LogP contribution in [0.25, 0.3) is 11.3 Å². The second-order valence-corrected chi connectivity index (χ2v) is 7.98. The van der Waals surface area contributed by atoms with Crippen LogP contribution in [-0.2, 0) is 4.79 Å². The summed E-state index contributed by atoms with van der Waals surface area (Å²) in [5.41, 5.74) is 2.51. The second-order valence-electron chi connectivity index (χ2n) is 6.31. The van der Waals surface area contributed by atoms with Crippen molar-refractivity contribution in [2.24, 2.45) is 0 Å². The molecule has 0 spiro atoms. The highest BCUT2D eigenvalue weighted by Crippen LogP contribution is 2.37. The molecule has 2 heterocycles. The third-order valence-corrected chi connectivity index (χ3v) is 6.02. The molecular weight excluding hydrogens is 392 g/mol. The van der Waals surface area contributed by atoms with Crippen LogP contribution in [0.4, 0.5) is 5.69 Å². The van der Waals surface area contributed by atoms with Crippen molar-refractivity contribution in [3.8, 4) is 11.3 Å². The lowest BCUT2D eigenvalue weighted by Gasteiger charge is -2.31. The molecule has 8 heteroatoms. The standard InChI is InChI=1S/C20H18N4O2S2/c1-12(25)23-16-7-5-4-6-15(16)17-18(26)21-20(28-3)22-24(17)19(23)13-8-10-14(27-2)11-9-13/h4-11,19H,1-3H3/p+1/t19-/m0/s1. The van der Waals surface area contributed by atoms with Gasteiger partial charge in [-0.25, -0.2) is 4.90 Å². The molecule has 3 aromatic rings. The van der Waals surface area contributed by atoms with Crippen LogP contribution >= 0.6 is 23.5 Å². The minimum Gasteiger partial charge on any atom is -0.291 e. The zero-order valence-electron chi connectivity index (χ0n) is 15.7. The number of para-hydroxylation sites is 1. The van der Waals surface area contributed by atoms with E-state index in [-0.39, 0.29) is 11.5 Å². The number of hydrogen-bond donors (Lipinski definition) is 1. The Kier molecular flexibility index (Phi) is 4.99. The van der Waals surface area contributed by atoms with Crippen molar-refractivity contribution in [2.45, 2.75) is 23.1 Å². The normalized spacial score (nSPS) is 15.1. The molecule has 142 valence electrons. The van der Waals surface area contributed by atoms with E-state index in [1.54, 1.807) is 21.3 Å². The van der Waals surface area contributed by atoms with Crippen LogP contribution in [-0.4, -0.2) is 28.5 Å². The maximum atomic E-state index is 12.9. The fraction of sp³-hybridized carbons (Fsp3) is 0.200. The summed E-state index contributed by atoms with van der Waals surface area (Å²) in [6.45, 7) is 1.54. The predicted octanol–water partition coefficient (Wildman–Crippen LogP) is 3.08. The third-order valence-electron chi connectivity index (χ3n) is 4.70. The summed E-state index contributed by atoms with van der Waals surface area (Å²) in [4.78, 5) is 31.3. The number of amides is 1. The minimum absolute atomic E-state index is 0.114. The van der Waals surface area contributed by atoms with E-state index >= 15 is 0 Å². The van der Waals surface area contributed by atoms with Gasteiger partial charge in [0.2, 0.25) is 11.1 Å². The summed E-state index contributed by atoms with van der Waals surface area (Å²) < 4.78 is 1.67. The van der Waals surface area contributed by atoms with Crippen LogP contribution in [0.2, 0.25) is 0 Å². The largest absolute Gasteiger partial charge is 0.325 e. The first-order chi connectivity index (χ1) is 13.5. The van der Waals surface area contributed by atoms with Crippen LogP contribution in [0.15, 0.2) is 63.4 Å². The number of thioether (sulfide) groups is 2. The lowest BCUT2D eigenvalue weighted by molar-refractivity contribution is -0.763. The maximum Gasteiger partial charge on any atom is 0.325 e. The molecule has 0 unspecified atom stereocenters. The molecule has 0 saturated heterocycles. The van der Waals surface area contributed by atoms with Crippen molar-refractivity contribution in [2.75, 3.05) is 17.4 Å². The topological polar surface area (TPSA) is 69.9 Å². The Labute approximate surface area is 171 Å². The van der Waals surface area contributed by atoms with Gasteiger partial charge in [0, 0.05) is 22.5 Å². The van der Waals surface area contributed by atoms with E-state index in [9.17, 15) is 9.59 Å².